The Bertz CT molecular complexity index is 768. The highest BCUT2D eigenvalue weighted by atomic mass is 35.5. The second-order valence-electron chi connectivity index (χ2n) is 4.20. The summed E-state index contributed by atoms with van der Waals surface area (Å²) in [6.07, 6.45) is 1.66. The van der Waals surface area contributed by atoms with Gasteiger partial charge in [0.05, 0.1) is 5.56 Å². The molecule has 0 aliphatic rings. The number of hydrogen-bond acceptors (Lipinski definition) is 3. The van der Waals surface area contributed by atoms with E-state index >= 15 is 0 Å². The van der Waals surface area contributed by atoms with E-state index in [1.54, 1.807) is 18.3 Å². The van der Waals surface area contributed by atoms with Crippen LogP contribution in [0.1, 0.15) is 0 Å². The number of pyridine rings is 1. The molecule has 6 heteroatoms. The molecule has 0 aliphatic carbocycles. The zero-order valence-electron chi connectivity index (χ0n) is 10.6. The summed E-state index contributed by atoms with van der Waals surface area (Å²) < 4.78 is 0. The van der Waals surface area contributed by atoms with Crippen LogP contribution in [0.2, 0.25) is 15.3 Å². The van der Waals surface area contributed by atoms with Gasteiger partial charge in [-0.25, -0.2) is 9.97 Å². The lowest BCUT2D eigenvalue weighted by Crippen LogP contribution is -1.96. The SMILES string of the molecule is Clc1ccccc1-c1c(Cl)nc(-c2ccccn2)nc1Cl. The van der Waals surface area contributed by atoms with Crippen molar-refractivity contribution in [1.29, 1.82) is 0 Å². The zero-order chi connectivity index (χ0) is 14.8. The molecular formula is C15H8Cl3N3. The van der Waals surface area contributed by atoms with Gasteiger partial charge >= 0.3 is 0 Å². The molecule has 1 aromatic carbocycles. The first-order valence-electron chi connectivity index (χ1n) is 6.06. The maximum atomic E-state index is 6.27. The standard InChI is InChI=1S/C15H8Cl3N3/c16-10-6-2-1-5-9(10)12-13(17)20-15(21-14(12)18)11-7-3-4-8-19-11/h1-8H. The first kappa shape index (κ1) is 14.3. The number of nitrogens with zero attached hydrogens (tertiary/aromatic N) is 3. The van der Waals surface area contributed by atoms with Crippen molar-refractivity contribution in [2.24, 2.45) is 0 Å². The Balaban J connectivity index is 2.16. The predicted molar refractivity (Wildman–Crippen MR) is 85.7 cm³/mol. The molecule has 2 heterocycles. The van der Waals surface area contributed by atoms with Gasteiger partial charge in [-0.05, 0) is 18.2 Å². The Morgan fingerprint density at radius 2 is 1.43 bits per heavy atom. The molecule has 21 heavy (non-hydrogen) atoms. The number of halogens is 3. The van der Waals surface area contributed by atoms with Crippen LogP contribution in [-0.4, -0.2) is 15.0 Å². The molecular weight excluding hydrogens is 329 g/mol. The van der Waals surface area contributed by atoms with Crippen LogP contribution < -0.4 is 0 Å². The Morgan fingerprint density at radius 1 is 0.762 bits per heavy atom. The van der Waals surface area contributed by atoms with Crippen LogP contribution >= 0.6 is 34.8 Å². The summed E-state index contributed by atoms with van der Waals surface area (Å²) >= 11 is 18.7. The third-order valence-electron chi connectivity index (χ3n) is 2.86. The Kier molecular flexibility index (Phi) is 4.06. The van der Waals surface area contributed by atoms with E-state index in [0.29, 0.717) is 27.7 Å². The number of hydrogen-bond donors (Lipinski definition) is 0. The van der Waals surface area contributed by atoms with Crippen molar-refractivity contribution in [2.75, 3.05) is 0 Å². The van der Waals surface area contributed by atoms with Crippen molar-refractivity contribution in [3.8, 4) is 22.6 Å². The lowest BCUT2D eigenvalue weighted by molar-refractivity contribution is 1.14. The number of rotatable bonds is 2. The maximum Gasteiger partial charge on any atom is 0.181 e. The van der Waals surface area contributed by atoms with Gasteiger partial charge in [-0.3, -0.25) is 4.98 Å². The van der Waals surface area contributed by atoms with E-state index < -0.39 is 0 Å². The van der Waals surface area contributed by atoms with Gasteiger partial charge in [0, 0.05) is 16.8 Å². The molecule has 0 atom stereocenters. The number of benzene rings is 1. The van der Waals surface area contributed by atoms with Crippen molar-refractivity contribution in [3.05, 3.63) is 64.0 Å². The molecule has 0 spiro atoms. The van der Waals surface area contributed by atoms with E-state index in [9.17, 15) is 0 Å². The van der Waals surface area contributed by atoms with Crippen LogP contribution in [0, 0.1) is 0 Å². The second kappa shape index (κ2) is 5.98. The summed E-state index contributed by atoms with van der Waals surface area (Å²) in [7, 11) is 0. The predicted octanol–water partition coefficient (Wildman–Crippen LogP) is 5.17. The molecule has 2 aromatic heterocycles. The molecule has 3 aromatic rings. The minimum atomic E-state index is 0.240. The first-order valence-corrected chi connectivity index (χ1v) is 7.19. The van der Waals surface area contributed by atoms with E-state index in [1.165, 1.54) is 0 Å². The fraction of sp³-hybridized carbons (Fsp3) is 0. The van der Waals surface area contributed by atoms with E-state index in [0.717, 1.165) is 0 Å². The zero-order valence-corrected chi connectivity index (χ0v) is 12.9. The minimum absolute atomic E-state index is 0.240. The first-order chi connectivity index (χ1) is 10.2. The van der Waals surface area contributed by atoms with Crippen molar-refractivity contribution >= 4 is 34.8 Å². The van der Waals surface area contributed by atoms with E-state index in [4.69, 9.17) is 34.8 Å². The Labute approximate surface area is 136 Å². The molecule has 0 bridgehead atoms. The third-order valence-corrected chi connectivity index (χ3v) is 3.73. The van der Waals surface area contributed by atoms with Crippen molar-refractivity contribution in [1.82, 2.24) is 15.0 Å². The van der Waals surface area contributed by atoms with E-state index in [2.05, 4.69) is 15.0 Å². The van der Waals surface area contributed by atoms with Crippen molar-refractivity contribution < 1.29 is 0 Å². The minimum Gasteiger partial charge on any atom is -0.253 e. The largest absolute Gasteiger partial charge is 0.253 e. The smallest absolute Gasteiger partial charge is 0.181 e. The lowest BCUT2D eigenvalue weighted by atomic mass is 10.1. The summed E-state index contributed by atoms with van der Waals surface area (Å²) in [4.78, 5) is 12.7. The van der Waals surface area contributed by atoms with Gasteiger partial charge in [0.2, 0.25) is 0 Å². The Morgan fingerprint density at radius 3 is 2.05 bits per heavy atom. The quantitative estimate of drug-likeness (QED) is 0.606. The van der Waals surface area contributed by atoms with Crippen LogP contribution in [0.4, 0.5) is 0 Å². The van der Waals surface area contributed by atoms with Gasteiger partial charge < -0.3 is 0 Å². The van der Waals surface area contributed by atoms with Gasteiger partial charge in [0.15, 0.2) is 5.82 Å². The average molecular weight is 337 g/mol. The van der Waals surface area contributed by atoms with Crippen LogP contribution in [0.5, 0.6) is 0 Å². The number of aromatic nitrogens is 3. The van der Waals surface area contributed by atoms with Crippen LogP contribution in [0.25, 0.3) is 22.6 Å². The van der Waals surface area contributed by atoms with Crippen LogP contribution in [0.15, 0.2) is 48.7 Å². The molecule has 104 valence electrons. The summed E-state index contributed by atoms with van der Waals surface area (Å²) in [5.41, 5.74) is 1.82. The molecule has 0 fully saturated rings. The van der Waals surface area contributed by atoms with Crippen molar-refractivity contribution in [3.63, 3.8) is 0 Å². The van der Waals surface area contributed by atoms with Gasteiger partial charge in [-0.1, -0.05) is 59.1 Å². The van der Waals surface area contributed by atoms with E-state index in [1.807, 2.05) is 30.3 Å². The van der Waals surface area contributed by atoms with E-state index in [-0.39, 0.29) is 10.3 Å². The molecule has 0 radical (unpaired) electrons. The van der Waals surface area contributed by atoms with Gasteiger partial charge in [-0.15, -0.1) is 0 Å². The molecule has 0 aliphatic heterocycles. The molecule has 3 rings (SSSR count). The summed E-state index contributed by atoms with van der Waals surface area (Å²) in [5, 5.41) is 1.02. The highest BCUT2D eigenvalue weighted by molar-refractivity contribution is 6.40. The molecule has 0 N–H and O–H groups in total. The van der Waals surface area contributed by atoms with Gasteiger partial charge in [0.25, 0.3) is 0 Å². The molecule has 0 amide bonds. The maximum absolute atomic E-state index is 6.27. The topological polar surface area (TPSA) is 38.7 Å². The monoisotopic (exact) mass is 335 g/mol. The highest BCUT2D eigenvalue weighted by Gasteiger charge is 2.16. The lowest BCUT2D eigenvalue weighted by Gasteiger charge is -2.09. The normalized spacial score (nSPS) is 10.6. The van der Waals surface area contributed by atoms with Crippen LogP contribution in [0.3, 0.4) is 0 Å². The van der Waals surface area contributed by atoms with Crippen molar-refractivity contribution in [2.45, 2.75) is 0 Å². The van der Waals surface area contributed by atoms with Gasteiger partial charge in [0.1, 0.15) is 16.0 Å². The average Bonchev–Trinajstić information content (AvgIpc) is 2.49. The molecule has 0 saturated heterocycles. The fourth-order valence-corrected chi connectivity index (χ4v) is 2.72. The summed E-state index contributed by atoms with van der Waals surface area (Å²) in [6, 6.07) is 12.7. The van der Waals surface area contributed by atoms with Crippen LogP contribution in [-0.2, 0) is 0 Å². The second-order valence-corrected chi connectivity index (χ2v) is 5.32. The van der Waals surface area contributed by atoms with Gasteiger partial charge in [-0.2, -0.15) is 0 Å². The molecule has 0 saturated carbocycles. The summed E-state index contributed by atoms with van der Waals surface area (Å²) in [5.74, 6) is 0.376. The molecule has 3 nitrogen and oxygen atoms in total. The summed E-state index contributed by atoms with van der Waals surface area (Å²) in [6.45, 7) is 0. The molecule has 0 unspecified atom stereocenters. The highest BCUT2D eigenvalue weighted by Crippen LogP contribution is 2.37. The third kappa shape index (κ3) is 2.86. The fourth-order valence-electron chi connectivity index (χ4n) is 1.90. The Hall–Kier alpha value is -1.68.